The summed E-state index contributed by atoms with van der Waals surface area (Å²) < 4.78 is 4.96. The molecule has 0 aliphatic heterocycles. The Balaban J connectivity index is 2.96. The molecule has 0 aliphatic carbocycles. The molecule has 0 spiro atoms. The van der Waals surface area contributed by atoms with Crippen molar-refractivity contribution in [2.24, 2.45) is 0 Å². The van der Waals surface area contributed by atoms with Crippen LogP contribution in [0, 0.1) is 10.1 Å². The van der Waals surface area contributed by atoms with Crippen LogP contribution in [0.15, 0.2) is 12.1 Å². The van der Waals surface area contributed by atoms with Gasteiger partial charge in [0.2, 0.25) is 5.82 Å². The molecule has 1 rings (SSSR count). The van der Waals surface area contributed by atoms with Gasteiger partial charge in [0.05, 0.1) is 11.5 Å². The molecule has 1 aromatic heterocycles. The molecule has 0 saturated heterocycles. The largest absolute Gasteiger partial charge is 0.383 e. The number of ether oxygens (including phenoxy) is 1. The predicted octanol–water partition coefficient (Wildman–Crippen LogP) is 1.48. The van der Waals surface area contributed by atoms with Gasteiger partial charge in [0.25, 0.3) is 0 Å². The van der Waals surface area contributed by atoms with Crippen molar-refractivity contribution in [1.82, 2.24) is 4.98 Å². The van der Waals surface area contributed by atoms with Gasteiger partial charge in [0.1, 0.15) is 5.82 Å². The zero-order valence-electron chi connectivity index (χ0n) is 10.1. The minimum Gasteiger partial charge on any atom is -0.383 e. The van der Waals surface area contributed by atoms with Gasteiger partial charge in [-0.15, -0.1) is 0 Å². The molecule has 0 amide bonds. The number of aromatic nitrogens is 1. The Labute approximate surface area is 99.3 Å². The van der Waals surface area contributed by atoms with E-state index in [1.165, 1.54) is 6.07 Å². The maximum Gasteiger partial charge on any atom is 0.311 e. The second-order valence-electron chi connectivity index (χ2n) is 3.57. The maximum absolute atomic E-state index is 10.8. The van der Waals surface area contributed by atoms with Crippen molar-refractivity contribution in [2.75, 3.05) is 31.4 Å². The molecule has 17 heavy (non-hydrogen) atoms. The smallest absolute Gasteiger partial charge is 0.311 e. The Hall–Kier alpha value is -1.89. The van der Waals surface area contributed by atoms with E-state index in [1.54, 1.807) is 20.2 Å². The van der Waals surface area contributed by atoms with E-state index in [4.69, 9.17) is 4.74 Å². The fourth-order valence-corrected chi connectivity index (χ4v) is 1.37. The van der Waals surface area contributed by atoms with Crippen LogP contribution in [0.3, 0.4) is 0 Å². The van der Waals surface area contributed by atoms with Crippen LogP contribution in [0.25, 0.3) is 0 Å². The molecule has 1 unspecified atom stereocenters. The summed E-state index contributed by atoms with van der Waals surface area (Å²) in [6.45, 7) is 2.31. The molecule has 1 heterocycles. The van der Waals surface area contributed by atoms with Gasteiger partial charge in [-0.05, 0) is 13.0 Å². The van der Waals surface area contributed by atoms with Gasteiger partial charge < -0.3 is 15.4 Å². The highest BCUT2D eigenvalue weighted by atomic mass is 16.6. The number of pyridine rings is 1. The van der Waals surface area contributed by atoms with Crippen LogP contribution in [-0.4, -0.2) is 36.7 Å². The lowest BCUT2D eigenvalue weighted by Crippen LogP contribution is -2.22. The summed E-state index contributed by atoms with van der Waals surface area (Å²) in [6, 6.07) is 2.92. The Bertz CT molecular complexity index is 397. The highest BCUT2D eigenvalue weighted by Crippen LogP contribution is 2.24. The van der Waals surface area contributed by atoms with Crippen molar-refractivity contribution in [1.29, 1.82) is 0 Å². The standard InChI is InChI=1S/C10H16N4O3/c1-7(6-17-3)12-10-8(14(15)16)4-5-9(11-2)13-10/h4-5,7H,6H2,1-3H3,(H2,11,12,13). The second kappa shape index (κ2) is 6.00. The van der Waals surface area contributed by atoms with Crippen molar-refractivity contribution in [3.05, 3.63) is 22.2 Å². The van der Waals surface area contributed by atoms with Crippen LogP contribution in [0.1, 0.15) is 6.92 Å². The van der Waals surface area contributed by atoms with Crippen molar-refractivity contribution >= 4 is 17.3 Å². The van der Waals surface area contributed by atoms with Crippen LogP contribution >= 0.6 is 0 Å². The molecule has 0 radical (unpaired) electrons. The Morgan fingerprint density at radius 2 is 2.29 bits per heavy atom. The average Bonchev–Trinajstić information content (AvgIpc) is 2.28. The zero-order valence-corrected chi connectivity index (χ0v) is 10.1. The molecule has 0 aromatic carbocycles. The van der Waals surface area contributed by atoms with Gasteiger partial charge in [0.15, 0.2) is 0 Å². The van der Waals surface area contributed by atoms with Crippen LogP contribution in [0.5, 0.6) is 0 Å². The van der Waals surface area contributed by atoms with E-state index in [0.717, 1.165) is 0 Å². The van der Waals surface area contributed by atoms with Crippen molar-refractivity contribution in [3.8, 4) is 0 Å². The molecule has 7 nitrogen and oxygen atoms in total. The lowest BCUT2D eigenvalue weighted by molar-refractivity contribution is -0.384. The van der Waals surface area contributed by atoms with Crippen LogP contribution in [0.2, 0.25) is 0 Å². The summed E-state index contributed by atoms with van der Waals surface area (Å²) in [5.41, 5.74) is -0.0491. The van der Waals surface area contributed by atoms with Crippen molar-refractivity contribution < 1.29 is 9.66 Å². The van der Waals surface area contributed by atoms with E-state index in [0.29, 0.717) is 12.4 Å². The number of nitrogens with zero attached hydrogens (tertiary/aromatic N) is 2. The number of hydrogen-bond acceptors (Lipinski definition) is 6. The maximum atomic E-state index is 10.8. The minimum atomic E-state index is -0.464. The van der Waals surface area contributed by atoms with E-state index in [-0.39, 0.29) is 17.5 Å². The van der Waals surface area contributed by atoms with Crippen molar-refractivity contribution in [2.45, 2.75) is 13.0 Å². The number of rotatable bonds is 6. The summed E-state index contributed by atoms with van der Waals surface area (Å²) in [5, 5.41) is 16.6. The predicted molar refractivity (Wildman–Crippen MR) is 65.4 cm³/mol. The average molecular weight is 240 g/mol. The monoisotopic (exact) mass is 240 g/mol. The third-order valence-electron chi connectivity index (χ3n) is 2.13. The fourth-order valence-electron chi connectivity index (χ4n) is 1.37. The first kappa shape index (κ1) is 13.2. The summed E-state index contributed by atoms with van der Waals surface area (Å²) in [7, 11) is 3.28. The first-order chi connectivity index (χ1) is 8.08. The van der Waals surface area contributed by atoms with Gasteiger partial charge in [-0.1, -0.05) is 0 Å². The molecule has 0 bridgehead atoms. The molecule has 7 heteroatoms. The quantitative estimate of drug-likeness (QED) is 0.578. The van der Waals surface area contributed by atoms with Gasteiger partial charge in [-0.3, -0.25) is 10.1 Å². The fraction of sp³-hybridized carbons (Fsp3) is 0.500. The minimum absolute atomic E-state index is 0.0491. The zero-order chi connectivity index (χ0) is 12.8. The Morgan fingerprint density at radius 3 is 2.82 bits per heavy atom. The van der Waals surface area contributed by atoms with E-state index in [9.17, 15) is 10.1 Å². The number of nitrogens with one attached hydrogen (secondary N) is 2. The first-order valence-corrected chi connectivity index (χ1v) is 5.17. The van der Waals surface area contributed by atoms with Gasteiger partial charge in [0, 0.05) is 26.3 Å². The first-order valence-electron chi connectivity index (χ1n) is 5.17. The lowest BCUT2D eigenvalue weighted by atomic mass is 10.3. The Kier molecular flexibility index (Phi) is 4.65. The number of nitro groups is 1. The molecule has 0 fully saturated rings. The van der Waals surface area contributed by atoms with E-state index < -0.39 is 4.92 Å². The van der Waals surface area contributed by atoms with Crippen LogP contribution < -0.4 is 10.6 Å². The van der Waals surface area contributed by atoms with Gasteiger partial charge in [-0.2, -0.15) is 0 Å². The molecule has 1 atom stereocenters. The van der Waals surface area contributed by atoms with Gasteiger partial charge >= 0.3 is 5.69 Å². The van der Waals surface area contributed by atoms with E-state index in [1.807, 2.05) is 6.92 Å². The molecule has 2 N–H and O–H groups in total. The second-order valence-corrected chi connectivity index (χ2v) is 3.57. The number of anilines is 2. The molecule has 0 saturated carbocycles. The topological polar surface area (TPSA) is 89.3 Å². The summed E-state index contributed by atoms with van der Waals surface area (Å²) in [4.78, 5) is 14.5. The van der Waals surface area contributed by atoms with Gasteiger partial charge in [-0.25, -0.2) is 4.98 Å². The third-order valence-corrected chi connectivity index (χ3v) is 2.13. The summed E-state index contributed by atoms with van der Waals surface area (Å²) in [5.74, 6) is 0.814. The lowest BCUT2D eigenvalue weighted by Gasteiger charge is -2.14. The van der Waals surface area contributed by atoms with Crippen molar-refractivity contribution in [3.63, 3.8) is 0 Å². The normalized spacial score (nSPS) is 11.9. The van der Waals surface area contributed by atoms with E-state index in [2.05, 4.69) is 15.6 Å². The highest BCUT2D eigenvalue weighted by molar-refractivity contribution is 5.60. The number of methoxy groups -OCH3 is 1. The summed E-state index contributed by atoms with van der Waals surface area (Å²) >= 11 is 0. The molecular weight excluding hydrogens is 224 g/mol. The molecular formula is C10H16N4O3. The highest BCUT2D eigenvalue weighted by Gasteiger charge is 2.17. The van der Waals surface area contributed by atoms with Crippen LogP contribution in [-0.2, 0) is 4.74 Å². The number of hydrogen-bond donors (Lipinski definition) is 2. The molecule has 0 aliphatic rings. The van der Waals surface area contributed by atoms with E-state index >= 15 is 0 Å². The molecule has 94 valence electrons. The Morgan fingerprint density at radius 1 is 1.59 bits per heavy atom. The van der Waals surface area contributed by atoms with Crippen LogP contribution in [0.4, 0.5) is 17.3 Å². The molecule has 1 aromatic rings. The SMILES string of the molecule is CNc1ccc([N+](=O)[O-])c(NC(C)COC)n1. The summed E-state index contributed by atoms with van der Waals surface area (Å²) in [6.07, 6.45) is 0. The third kappa shape index (κ3) is 3.56.